The highest BCUT2D eigenvalue weighted by Gasteiger charge is 2.49. The average molecular weight is 464 g/mol. The van der Waals surface area contributed by atoms with Crippen LogP contribution >= 0.6 is 0 Å². The normalized spacial score (nSPS) is 20.4. The van der Waals surface area contributed by atoms with Crippen LogP contribution in [0.25, 0.3) is 5.76 Å². The van der Waals surface area contributed by atoms with Crippen LogP contribution in [0.2, 0.25) is 0 Å². The number of likely N-dealkylation sites (tertiary alicyclic amines) is 1. The van der Waals surface area contributed by atoms with E-state index in [9.17, 15) is 14.7 Å². The minimum absolute atomic E-state index is 0.0192. The van der Waals surface area contributed by atoms with Crippen molar-refractivity contribution in [1.82, 2.24) is 4.90 Å². The van der Waals surface area contributed by atoms with E-state index < -0.39 is 17.7 Å². The third kappa shape index (κ3) is 4.81. The number of rotatable bonds is 8. The number of nitrogens with zero attached hydrogens (tertiary/aromatic N) is 1. The number of carbonyl (C=O) groups is 2. The number of aliphatic hydroxyl groups is 1. The predicted molar refractivity (Wildman–Crippen MR) is 131 cm³/mol. The Balaban J connectivity index is 1.76. The number of amides is 1. The van der Waals surface area contributed by atoms with Gasteiger partial charge in [-0.25, -0.2) is 0 Å². The van der Waals surface area contributed by atoms with Gasteiger partial charge in [0.2, 0.25) is 0 Å². The standard InChI is InChI=1S/C28H33NO5/c1-4-33-23-11-7-8-20(16-23)25-24(27(31)28(32)29(25)21-9-5-6-10-21)26(30)19-12-14-22(15-13-19)34-17-18(2)3/h7-8,11-16,18,21,25,30H,4-6,9-10,17H2,1-3H3/b26-24-. The molecule has 2 aromatic carbocycles. The first kappa shape index (κ1) is 23.9. The van der Waals surface area contributed by atoms with E-state index in [1.54, 1.807) is 29.2 Å². The summed E-state index contributed by atoms with van der Waals surface area (Å²) in [4.78, 5) is 28.2. The molecular formula is C28H33NO5. The van der Waals surface area contributed by atoms with Crippen molar-refractivity contribution < 1.29 is 24.2 Å². The van der Waals surface area contributed by atoms with Crippen molar-refractivity contribution in [1.29, 1.82) is 0 Å². The molecule has 6 heteroatoms. The Morgan fingerprint density at radius 1 is 1.03 bits per heavy atom. The summed E-state index contributed by atoms with van der Waals surface area (Å²) in [6, 6.07) is 13.8. The fraction of sp³-hybridized carbons (Fsp3) is 0.429. The van der Waals surface area contributed by atoms with Crippen LogP contribution in [0, 0.1) is 5.92 Å². The van der Waals surface area contributed by atoms with E-state index in [1.165, 1.54) is 0 Å². The number of Topliss-reactive ketones (excluding diaryl/α,β-unsaturated/α-hetero) is 1. The van der Waals surface area contributed by atoms with Gasteiger partial charge < -0.3 is 19.5 Å². The third-order valence-corrected chi connectivity index (χ3v) is 6.39. The second kappa shape index (κ2) is 10.3. The summed E-state index contributed by atoms with van der Waals surface area (Å²) < 4.78 is 11.4. The van der Waals surface area contributed by atoms with Gasteiger partial charge in [-0.2, -0.15) is 0 Å². The Morgan fingerprint density at radius 2 is 1.74 bits per heavy atom. The minimum atomic E-state index is -0.652. The molecule has 0 spiro atoms. The zero-order valence-electron chi connectivity index (χ0n) is 20.1. The van der Waals surface area contributed by atoms with Crippen LogP contribution in [0.5, 0.6) is 11.5 Å². The minimum Gasteiger partial charge on any atom is -0.507 e. The molecule has 0 aromatic heterocycles. The summed E-state index contributed by atoms with van der Waals surface area (Å²) in [7, 11) is 0. The topological polar surface area (TPSA) is 76.1 Å². The molecule has 1 saturated carbocycles. The van der Waals surface area contributed by atoms with Crippen LogP contribution in [-0.4, -0.2) is 41.0 Å². The molecule has 2 fully saturated rings. The van der Waals surface area contributed by atoms with Crippen LogP contribution in [0.1, 0.15) is 63.6 Å². The van der Waals surface area contributed by atoms with Crippen molar-refractivity contribution in [3.63, 3.8) is 0 Å². The van der Waals surface area contributed by atoms with E-state index in [1.807, 2.05) is 31.2 Å². The molecule has 4 rings (SSSR count). The molecule has 2 aromatic rings. The zero-order valence-corrected chi connectivity index (χ0v) is 20.1. The summed E-state index contributed by atoms with van der Waals surface area (Å²) in [6.07, 6.45) is 3.77. The van der Waals surface area contributed by atoms with Crippen molar-refractivity contribution in [2.75, 3.05) is 13.2 Å². The van der Waals surface area contributed by atoms with Crippen molar-refractivity contribution in [3.05, 3.63) is 65.2 Å². The lowest BCUT2D eigenvalue weighted by Crippen LogP contribution is -2.37. The second-order valence-electron chi connectivity index (χ2n) is 9.38. The van der Waals surface area contributed by atoms with Gasteiger partial charge in [-0.15, -0.1) is 0 Å². The maximum absolute atomic E-state index is 13.3. The first-order chi connectivity index (χ1) is 16.4. The number of carbonyl (C=O) groups excluding carboxylic acids is 2. The monoisotopic (exact) mass is 463 g/mol. The van der Waals surface area contributed by atoms with Crippen LogP contribution in [0.15, 0.2) is 54.1 Å². The second-order valence-corrected chi connectivity index (χ2v) is 9.38. The van der Waals surface area contributed by atoms with Gasteiger partial charge in [0.25, 0.3) is 11.7 Å². The molecule has 1 heterocycles. The Kier molecular flexibility index (Phi) is 7.25. The van der Waals surface area contributed by atoms with Crippen LogP contribution in [0.3, 0.4) is 0 Å². The lowest BCUT2D eigenvalue weighted by atomic mass is 9.94. The smallest absolute Gasteiger partial charge is 0.295 e. The lowest BCUT2D eigenvalue weighted by molar-refractivity contribution is -0.141. The van der Waals surface area contributed by atoms with Crippen LogP contribution in [-0.2, 0) is 9.59 Å². The first-order valence-corrected chi connectivity index (χ1v) is 12.2. The first-order valence-electron chi connectivity index (χ1n) is 12.2. The molecule has 1 N–H and O–H groups in total. The Morgan fingerprint density at radius 3 is 2.38 bits per heavy atom. The Labute approximate surface area is 201 Å². The van der Waals surface area contributed by atoms with E-state index in [0.29, 0.717) is 36.2 Å². The summed E-state index contributed by atoms with van der Waals surface area (Å²) in [5, 5.41) is 11.3. The number of benzene rings is 2. The predicted octanol–water partition coefficient (Wildman–Crippen LogP) is 5.48. The highest BCUT2D eigenvalue weighted by atomic mass is 16.5. The molecule has 34 heavy (non-hydrogen) atoms. The Bertz CT molecular complexity index is 1070. The van der Waals surface area contributed by atoms with E-state index in [0.717, 1.165) is 31.2 Å². The van der Waals surface area contributed by atoms with E-state index in [4.69, 9.17) is 9.47 Å². The van der Waals surface area contributed by atoms with Crippen molar-refractivity contribution in [3.8, 4) is 11.5 Å². The van der Waals surface area contributed by atoms with Gasteiger partial charge in [-0.3, -0.25) is 9.59 Å². The number of ketones is 1. The molecule has 2 aliphatic rings. The fourth-order valence-electron chi connectivity index (χ4n) is 4.80. The molecular weight excluding hydrogens is 430 g/mol. The molecule has 1 saturated heterocycles. The molecule has 1 aliphatic heterocycles. The highest BCUT2D eigenvalue weighted by molar-refractivity contribution is 6.46. The molecule has 1 aliphatic carbocycles. The molecule has 1 unspecified atom stereocenters. The van der Waals surface area contributed by atoms with Crippen molar-refractivity contribution in [2.24, 2.45) is 5.92 Å². The largest absolute Gasteiger partial charge is 0.507 e. The van der Waals surface area contributed by atoms with Crippen molar-refractivity contribution >= 4 is 17.4 Å². The fourth-order valence-corrected chi connectivity index (χ4v) is 4.80. The number of hydrogen-bond acceptors (Lipinski definition) is 5. The third-order valence-electron chi connectivity index (χ3n) is 6.39. The number of ether oxygens (including phenoxy) is 2. The van der Waals surface area contributed by atoms with Gasteiger partial charge in [-0.1, -0.05) is 38.8 Å². The Hall–Kier alpha value is -3.28. The van der Waals surface area contributed by atoms with E-state index in [2.05, 4.69) is 13.8 Å². The molecule has 6 nitrogen and oxygen atoms in total. The number of hydrogen-bond donors (Lipinski definition) is 1. The SMILES string of the molecule is CCOc1cccc(C2/C(=C(/O)c3ccc(OCC(C)C)cc3)C(=O)C(=O)N2C2CCCC2)c1. The molecule has 1 atom stereocenters. The van der Waals surface area contributed by atoms with Gasteiger partial charge in [0.1, 0.15) is 17.3 Å². The maximum atomic E-state index is 13.3. The van der Waals surface area contributed by atoms with Gasteiger partial charge in [-0.05, 0) is 67.6 Å². The molecule has 1 amide bonds. The van der Waals surface area contributed by atoms with E-state index in [-0.39, 0.29) is 17.4 Å². The average Bonchev–Trinajstić information content (AvgIpc) is 3.45. The quantitative estimate of drug-likeness (QED) is 0.319. The van der Waals surface area contributed by atoms with Gasteiger partial charge in [0, 0.05) is 11.6 Å². The summed E-state index contributed by atoms with van der Waals surface area (Å²) >= 11 is 0. The summed E-state index contributed by atoms with van der Waals surface area (Å²) in [6.45, 7) is 7.16. The zero-order chi connectivity index (χ0) is 24.2. The van der Waals surface area contributed by atoms with Gasteiger partial charge >= 0.3 is 0 Å². The maximum Gasteiger partial charge on any atom is 0.295 e. The van der Waals surface area contributed by atoms with Crippen LogP contribution < -0.4 is 9.47 Å². The van der Waals surface area contributed by atoms with Gasteiger partial charge in [0.05, 0.1) is 24.8 Å². The number of aliphatic hydroxyl groups excluding tert-OH is 1. The van der Waals surface area contributed by atoms with Gasteiger partial charge in [0.15, 0.2) is 0 Å². The molecule has 0 bridgehead atoms. The van der Waals surface area contributed by atoms with Crippen LogP contribution in [0.4, 0.5) is 0 Å². The molecule has 0 radical (unpaired) electrons. The summed E-state index contributed by atoms with van der Waals surface area (Å²) in [5.74, 6) is 0.406. The van der Waals surface area contributed by atoms with Crippen molar-refractivity contribution in [2.45, 2.75) is 58.5 Å². The lowest BCUT2D eigenvalue weighted by Gasteiger charge is -2.31. The molecule has 180 valence electrons. The van der Waals surface area contributed by atoms with E-state index >= 15 is 0 Å². The highest BCUT2D eigenvalue weighted by Crippen LogP contribution is 2.44. The summed E-state index contributed by atoms with van der Waals surface area (Å²) in [5.41, 5.74) is 1.36.